The van der Waals surface area contributed by atoms with Crippen LogP contribution in [-0.2, 0) is 28.6 Å². The van der Waals surface area contributed by atoms with E-state index in [-0.39, 0.29) is 0 Å². The lowest BCUT2D eigenvalue weighted by Gasteiger charge is -2.23. The molecule has 0 aromatic carbocycles. The molecular weight excluding hydrogens is 228 g/mol. The van der Waals surface area contributed by atoms with Gasteiger partial charge in [-0.2, -0.15) is 0 Å². The highest BCUT2D eigenvalue weighted by Gasteiger charge is 2.42. The summed E-state index contributed by atoms with van der Waals surface area (Å²) in [5, 5.41) is 0. The molecule has 0 unspecified atom stereocenters. The molecule has 6 heteroatoms. The van der Waals surface area contributed by atoms with Gasteiger partial charge in [0.15, 0.2) is 6.10 Å². The molecule has 0 aliphatic heterocycles. The first-order chi connectivity index (χ1) is 7.90. The number of hydrogen-bond acceptors (Lipinski definition) is 6. The van der Waals surface area contributed by atoms with Gasteiger partial charge in [-0.25, -0.2) is 0 Å². The molecule has 1 aliphatic carbocycles. The van der Waals surface area contributed by atoms with Gasteiger partial charge in [-0.05, 0) is 12.8 Å². The fraction of sp³-hybridized carbons (Fsp3) is 0.727. The van der Waals surface area contributed by atoms with Gasteiger partial charge < -0.3 is 14.2 Å². The first kappa shape index (κ1) is 13.5. The lowest BCUT2D eigenvalue weighted by Crippen LogP contribution is -2.38. The van der Waals surface area contributed by atoms with Crippen LogP contribution in [0.15, 0.2) is 0 Å². The minimum Gasteiger partial charge on any atom is -0.458 e. The van der Waals surface area contributed by atoms with Crippen molar-refractivity contribution >= 4 is 17.9 Å². The predicted octanol–water partition coefficient (Wildman–Crippen LogP) is 0.575. The van der Waals surface area contributed by atoms with Crippen molar-refractivity contribution in [3.8, 4) is 0 Å². The van der Waals surface area contributed by atoms with Crippen LogP contribution < -0.4 is 0 Å². The van der Waals surface area contributed by atoms with Crippen LogP contribution in [0.1, 0.15) is 33.6 Å². The Hall–Kier alpha value is -1.59. The SMILES string of the molecule is CC(=O)OC1[C@H](OC(C)=O)CC[C@H]1OC(C)=O. The molecular formula is C11H16O6. The van der Waals surface area contributed by atoms with Gasteiger partial charge in [-0.15, -0.1) is 0 Å². The highest BCUT2D eigenvalue weighted by Crippen LogP contribution is 2.28. The summed E-state index contributed by atoms with van der Waals surface area (Å²) >= 11 is 0. The highest BCUT2D eigenvalue weighted by molar-refractivity contribution is 5.68. The van der Waals surface area contributed by atoms with E-state index < -0.39 is 36.2 Å². The maximum atomic E-state index is 11.0. The van der Waals surface area contributed by atoms with E-state index in [9.17, 15) is 14.4 Å². The lowest BCUT2D eigenvalue weighted by atomic mass is 10.2. The zero-order chi connectivity index (χ0) is 13.0. The third-order valence-corrected chi connectivity index (χ3v) is 2.41. The van der Waals surface area contributed by atoms with Crippen LogP contribution in [-0.4, -0.2) is 36.2 Å². The first-order valence-electron chi connectivity index (χ1n) is 5.42. The van der Waals surface area contributed by atoms with Crippen molar-refractivity contribution in [2.24, 2.45) is 0 Å². The minimum absolute atomic E-state index is 0.448. The molecule has 0 radical (unpaired) electrons. The summed E-state index contributed by atoms with van der Waals surface area (Å²) in [7, 11) is 0. The van der Waals surface area contributed by atoms with E-state index in [1.807, 2.05) is 0 Å². The third-order valence-electron chi connectivity index (χ3n) is 2.41. The first-order valence-corrected chi connectivity index (χ1v) is 5.42. The van der Waals surface area contributed by atoms with E-state index in [4.69, 9.17) is 14.2 Å². The molecule has 0 saturated heterocycles. The summed E-state index contributed by atoms with van der Waals surface area (Å²) in [5.41, 5.74) is 0. The van der Waals surface area contributed by atoms with Crippen LogP contribution in [0.4, 0.5) is 0 Å². The molecule has 0 N–H and O–H groups in total. The third kappa shape index (κ3) is 4.05. The number of ether oxygens (including phenoxy) is 3. The monoisotopic (exact) mass is 244 g/mol. The predicted molar refractivity (Wildman–Crippen MR) is 55.9 cm³/mol. The summed E-state index contributed by atoms with van der Waals surface area (Å²) < 4.78 is 15.1. The van der Waals surface area contributed by atoms with Gasteiger partial charge in [0, 0.05) is 20.8 Å². The molecule has 0 aromatic heterocycles. The van der Waals surface area contributed by atoms with Gasteiger partial charge >= 0.3 is 17.9 Å². The molecule has 0 amide bonds. The van der Waals surface area contributed by atoms with Crippen molar-refractivity contribution in [3.05, 3.63) is 0 Å². The summed E-state index contributed by atoms with van der Waals surface area (Å²) in [6, 6.07) is 0. The van der Waals surface area contributed by atoms with Crippen LogP contribution in [0.25, 0.3) is 0 Å². The molecule has 96 valence electrons. The molecule has 1 saturated carbocycles. The molecule has 6 nitrogen and oxygen atoms in total. The second kappa shape index (κ2) is 5.65. The van der Waals surface area contributed by atoms with E-state index in [2.05, 4.69) is 0 Å². The largest absolute Gasteiger partial charge is 0.458 e. The average Bonchev–Trinajstić information content (AvgIpc) is 2.47. The summed E-state index contributed by atoms with van der Waals surface area (Å²) in [4.78, 5) is 32.7. The molecule has 0 spiro atoms. The Morgan fingerprint density at radius 2 is 1.12 bits per heavy atom. The molecule has 0 aromatic rings. The van der Waals surface area contributed by atoms with Crippen LogP contribution in [0, 0.1) is 0 Å². The fourth-order valence-electron chi connectivity index (χ4n) is 1.92. The van der Waals surface area contributed by atoms with Gasteiger partial charge in [0.2, 0.25) is 0 Å². The molecule has 17 heavy (non-hydrogen) atoms. The summed E-state index contributed by atoms with van der Waals surface area (Å²) in [5.74, 6) is -1.39. The Morgan fingerprint density at radius 3 is 1.41 bits per heavy atom. The van der Waals surface area contributed by atoms with E-state index in [1.165, 1.54) is 20.8 Å². The molecule has 0 heterocycles. The van der Waals surface area contributed by atoms with E-state index in [1.54, 1.807) is 0 Å². The number of carbonyl (C=O) groups excluding carboxylic acids is 3. The maximum Gasteiger partial charge on any atom is 0.303 e. The Bertz CT molecular complexity index is 300. The Morgan fingerprint density at radius 1 is 0.765 bits per heavy atom. The van der Waals surface area contributed by atoms with Crippen molar-refractivity contribution in [2.45, 2.75) is 51.9 Å². The molecule has 1 fully saturated rings. The summed E-state index contributed by atoms with van der Waals surface area (Å²) in [6.07, 6.45) is -0.771. The quantitative estimate of drug-likeness (QED) is 0.533. The van der Waals surface area contributed by atoms with Crippen molar-refractivity contribution in [1.82, 2.24) is 0 Å². The molecule has 1 rings (SSSR count). The zero-order valence-corrected chi connectivity index (χ0v) is 10.1. The Labute approximate surface area is 99.2 Å². The molecule has 0 bridgehead atoms. The second-order valence-electron chi connectivity index (χ2n) is 3.95. The Balaban J connectivity index is 2.69. The second-order valence-corrected chi connectivity index (χ2v) is 3.95. The van der Waals surface area contributed by atoms with Crippen molar-refractivity contribution < 1.29 is 28.6 Å². The topological polar surface area (TPSA) is 78.9 Å². The van der Waals surface area contributed by atoms with E-state index in [0.717, 1.165) is 0 Å². The van der Waals surface area contributed by atoms with Crippen LogP contribution in [0.5, 0.6) is 0 Å². The van der Waals surface area contributed by atoms with Gasteiger partial charge in [0.1, 0.15) is 12.2 Å². The van der Waals surface area contributed by atoms with Crippen LogP contribution in [0.3, 0.4) is 0 Å². The van der Waals surface area contributed by atoms with E-state index in [0.29, 0.717) is 12.8 Å². The maximum absolute atomic E-state index is 11.0. The van der Waals surface area contributed by atoms with Gasteiger partial charge in [0.25, 0.3) is 0 Å². The lowest BCUT2D eigenvalue weighted by molar-refractivity contribution is -0.174. The van der Waals surface area contributed by atoms with Gasteiger partial charge in [0.05, 0.1) is 0 Å². The average molecular weight is 244 g/mol. The molecule has 1 aliphatic rings. The van der Waals surface area contributed by atoms with Crippen LogP contribution >= 0.6 is 0 Å². The zero-order valence-electron chi connectivity index (χ0n) is 10.1. The van der Waals surface area contributed by atoms with E-state index >= 15 is 0 Å². The number of esters is 3. The van der Waals surface area contributed by atoms with Crippen LogP contribution in [0.2, 0.25) is 0 Å². The van der Waals surface area contributed by atoms with Gasteiger partial charge in [-0.3, -0.25) is 14.4 Å². The standard InChI is InChI=1S/C11H16O6/c1-6(12)15-9-4-5-10(16-7(2)13)11(9)17-8(3)14/h9-11H,4-5H2,1-3H3/t9-,10-/m1/s1. The normalized spacial score (nSPS) is 24.2. The number of hydrogen-bond donors (Lipinski definition) is 0. The summed E-state index contributed by atoms with van der Waals surface area (Å²) in [6.45, 7) is 3.82. The van der Waals surface area contributed by atoms with Crippen molar-refractivity contribution in [2.75, 3.05) is 0 Å². The smallest absolute Gasteiger partial charge is 0.303 e. The fourth-order valence-corrected chi connectivity index (χ4v) is 1.92. The number of carbonyl (C=O) groups is 3. The van der Waals surface area contributed by atoms with Crippen molar-refractivity contribution in [3.63, 3.8) is 0 Å². The Kier molecular flexibility index (Phi) is 4.48. The molecule has 2 atom stereocenters. The number of rotatable bonds is 3. The van der Waals surface area contributed by atoms with Crippen molar-refractivity contribution in [1.29, 1.82) is 0 Å². The van der Waals surface area contributed by atoms with Gasteiger partial charge in [-0.1, -0.05) is 0 Å². The minimum atomic E-state index is -0.708. The highest BCUT2D eigenvalue weighted by atomic mass is 16.6.